The fourth-order valence-electron chi connectivity index (χ4n) is 2.29. The molecule has 2 atom stereocenters. The van der Waals surface area contributed by atoms with E-state index in [2.05, 4.69) is 22.0 Å². The SMILES string of the molecule is C=CCN[C@H](C)[C@](O)(Cn1cncn1)c1ccc(F)cc1F. The van der Waals surface area contributed by atoms with Gasteiger partial charge in [-0.1, -0.05) is 12.1 Å². The van der Waals surface area contributed by atoms with Crippen molar-refractivity contribution in [1.82, 2.24) is 20.1 Å². The van der Waals surface area contributed by atoms with Gasteiger partial charge in [0, 0.05) is 24.2 Å². The van der Waals surface area contributed by atoms with Gasteiger partial charge in [-0.3, -0.25) is 0 Å². The van der Waals surface area contributed by atoms with E-state index < -0.39 is 23.3 Å². The lowest BCUT2D eigenvalue weighted by molar-refractivity contribution is -0.0190. The van der Waals surface area contributed by atoms with Crippen molar-refractivity contribution >= 4 is 0 Å². The minimum Gasteiger partial charge on any atom is -0.381 e. The third kappa shape index (κ3) is 3.37. The summed E-state index contributed by atoms with van der Waals surface area (Å²) >= 11 is 0. The molecule has 2 aromatic rings. The van der Waals surface area contributed by atoms with Crippen LogP contribution in [0.3, 0.4) is 0 Å². The van der Waals surface area contributed by atoms with Crippen LogP contribution in [0, 0.1) is 11.6 Å². The monoisotopic (exact) mass is 308 g/mol. The molecule has 0 saturated carbocycles. The zero-order valence-electron chi connectivity index (χ0n) is 12.2. The van der Waals surface area contributed by atoms with Crippen molar-refractivity contribution in [2.75, 3.05) is 6.54 Å². The van der Waals surface area contributed by atoms with Gasteiger partial charge in [-0.05, 0) is 13.0 Å². The predicted molar refractivity (Wildman–Crippen MR) is 77.9 cm³/mol. The average Bonchev–Trinajstić information content (AvgIpc) is 2.97. The molecule has 0 aliphatic carbocycles. The van der Waals surface area contributed by atoms with Crippen LogP contribution in [0.1, 0.15) is 12.5 Å². The van der Waals surface area contributed by atoms with Crippen LogP contribution >= 0.6 is 0 Å². The Morgan fingerprint density at radius 2 is 2.27 bits per heavy atom. The van der Waals surface area contributed by atoms with Crippen molar-refractivity contribution in [2.45, 2.75) is 25.1 Å². The van der Waals surface area contributed by atoms with E-state index in [1.54, 1.807) is 13.0 Å². The molecule has 0 unspecified atom stereocenters. The number of aliphatic hydroxyl groups is 1. The Balaban J connectivity index is 2.41. The maximum Gasteiger partial charge on any atom is 0.137 e. The van der Waals surface area contributed by atoms with Crippen molar-refractivity contribution in [3.63, 3.8) is 0 Å². The lowest BCUT2D eigenvalue weighted by Gasteiger charge is -2.35. The van der Waals surface area contributed by atoms with Crippen LogP contribution in [-0.2, 0) is 12.1 Å². The van der Waals surface area contributed by atoms with Gasteiger partial charge in [0.15, 0.2) is 0 Å². The fraction of sp³-hybridized carbons (Fsp3) is 0.333. The smallest absolute Gasteiger partial charge is 0.137 e. The molecule has 0 fully saturated rings. The van der Waals surface area contributed by atoms with E-state index in [0.29, 0.717) is 6.54 Å². The second kappa shape index (κ2) is 6.76. The van der Waals surface area contributed by atoms with E-state index in [1.165, 1.54) is 23.4 Å². The highest BCUT2D eigenvalue weighted by Crippen LogP contribution is 2.29. The molecule has 5 nitrogen and oxygen atoms in total. The van der Waals surface area contributed by atoms with Gasteiger partial charge in [0.2, 0.25) is 0 Å². The van der Waals surface area contributed by atoms with Crippen LogP contribution in [0.2, 0.25) is 0 Å². The van der Waals surface area contributed by atoms with Crippen molar-refractivity contribution < 1.29 is 13.9 Å². The topological polar surface area (TPSA) is 63.0 Å². The number of benzene rings is 1. The lowest BCUT2D eigenvalue weighted by atomic mass is 9.86. The fourth-order valence-corrected chi connectivity index (χ4v) is 2.29. The van der Waals surface area contributed by atoms with Gasteiger partial charge < -0.3 is 10.4 Å². The molecule has 118 valence electrons. The zero-order valence-corrected chi connectivity index (χ0v) is 12.2. The van der Waals surface area contributed by atoms with Gasteiger partial charge in [0.25, 0.3) is 0 Å². The molecular formula is C15H18F2N4O. The summed E-state index contributed by atoms with van der Waals surface area (Å²) in [6.45, 7) is 5.72. The molecule has 7 heteroatoms. The Bertz CT molecular complexity index is 632. The van der Waals surface area contributed by atoms with Crippen LogP contribution in [0.25, 0.3) is 0 Å². The summed E-state index contributed by atoms with van der Waals surface area (Å²) in [6, 6.07) is 2.58. The molecule has 22 heavy (non-hydrogen) atoms. The zero-order chi connectivity index (χ0) is 16.2. The standard InChI is InChI=1S/C15H18F2N4O/c1-3-6-19-11(2)15(22,8-21-10-18-9-20-21)13-5-4-12(16)7-14(13)17/h3-5,7,9-11,19,22H,1,6,8H2,2H3/t11-,15-/m1/s1. The Hall–Kier alpha value is -2.12. The first kappa shape index (κ1) is 16.3. The first-order chi connectivity index (χ1) is 10.5. The first-order valence-electron chi connectivity index (χ1n) is 6.82. The quantitative estimate of drug-likeness (QED) is 0.763. The third-order valence-corrected chi connectivity index (χ3v) is 3.55. The van der Waals surface area contributed by atoms with Gasteiger partial charge in [0.05, 0.1) is 6.54 Å². The molecule has 2 rings (SSSR count). The van der Waals surface area contributed by atoms with Crippen LogP contribution in [0.4, 0.5) is 8.78 Å². The molecule has 0 aliphatic rings. The minimum atomic E-state index is -1.63. The number of aromatic nitrogens is 3. The van der Waals surface area contributed by atoms with E-state index in [4.69, 9.17) is 0 Å². The minimum absolute atomic E-state index is 0.00605. The molecule has 0 amide bonds. The first-order valence-corrected chi connectivity index (χ1v) is 6.82. The van der Waals surface area contributed by atoms with Crippen molar-refractivity contribution in [1.29, 1.82) is 0 Å². The number of hydrogen-bond acceptors (Lipinski definition) is 4. The van der Waals surface area contributed by atoms with Crippen molar-refractivity contribution in [2.24, 2.45) is 0 Å². The second-order valence-electron chi connectivity index (χ2n) is 5.06. The Kier molecular flexibility index (Phi) is 4.99. The summed E-state index contributed by atoms with van der Waals surface area (Å²) in [6.07, 6.45) is 4.38. The normalized spacial score (nSPS) is 15.3. The Labute approximate surface area is 127 Å². The van der Waals surface area contributed by atoms with Crippen LogP contribution in [0.5, 0.6) is 0 Å². The van der Waals surface area contributed by atoms with Crippen molar-refractivity contribution in [3.8, 4) is 0 Å². The molecule has 0 radical (unpaired) electrons. The van der Waals surface area contributed by atoms with Crippen LogP contribution in [-0.4, -0.2) is 32.5 Å². The van der Waals surface area contributed by atoms with E-state index >= 15 is 0 Å². The number of nitrogens with zero attached hydrogens (tertiary/aromatic N) is 3. The molecule has 1 aromatic carbocycles. The summed E-state index contributed by atoms with van der Waals surface area (Å²) < 4.78 is 28.7. The molecule has 0 spiro atoms. The van der Waals surface area contributed by atoms with Gasteiger partial charge in [-0.15, -0.1) is 6.58 Å². The Morgan fingerprint density at radius 3 is 2.86 bits per heavy atom. The Morgan fingerprint density at radius 1 is 1.50 bits per heavy atom. The van der Waals surface area contributed by atoms with Crippen LogP contribution < -0.4 is 5.32 Å². The summed E-state index contributed by atoms with van der Waals surface area (Å²) in [5.41, 5.74) is -1.64. The van der Waals surface area contributed by atoms with E-state index in [0.717, 1.165) is 12.1 Å². The van der Waals surface area contributed by atoms with Gasteiger partial charge in [0.1, 0.15) is 29.9 Å². The molecule has 0 aliphatic heterocycles. The van der Waals surface area contributed by atoms with E-state index in [-0.39, 0.29) is 12.1 Å². The molecule has 0 saturated heterocycles. The van der Waals surface area contributed by atoms with Gasteiger partial charge in [-0.2, -0.15) is 5.10 Å². The number of halogens is 2. The molecular weight excluding hydrogens is 290 g/mol. The van der Waals surface area contributed by atoms with E-state index in [1.807, 2.05) is 0 Å². The number of rotatable bonds is 7. The summed E-state index contributed by atoms with van der Waals surface area (Å²) in [4.78, 5) is 3.81. The highest BCUT2D eigenvalue weighted by atomic mass is 19.1. The third-order valence-electron chi connectivity index (χ3n) is 3.55. The van der Waals surface area contributed by atoms with Crippen LogP contribution in [0.15, 0.2) is 43.5 Å². The maximum absolute atomic E-state index is 14.2. The molecule has 1 aromatic heterocycles. The maximum atomic E-state index is 14.2. The average molecular weight is 308 g/mol. The summed E-state index contributed by atoms with van der Waals surface area (Å²) in [5.74, 6) is -1.51. The molecule has 0 bridgehead atoms. The molecule has 1 heterocycles. The largest absolute Gasteiger partial charge is 0.381 e. The van der Waals surface area contributed by atoms with Gasteiger partial charge in [-0.25, -0.2) is 18.4 Å². The lowest BCUT2D eigenvalue weighted by Crippen LogP contribution is -2.50. The van der Waals surface area contributed by atoms with Crippen molar-refractivity contribution in [3.05, 3.63) is 60.7 Å². The van der Waals surface area contributed by atoms with E-state index in [9.17, 15) is 13.9 Å². The predicted octanol–water partition coefficient (Wildman–Crippen LogP) is 1.61. The summed E-state index contributed by atoms with van der Waals surface area (Å²) in [5, 5.41) is 18.0. The van der Waals surface area contributed by atoms with Gasteiger partial charge >= 0.3 is 0 Å². The highest BCUT2D eigenvalue weighted by Gasteiger charge is 2.38. The second-order valence-corrected chi connectivity index (χ2v) is 5.06. The highest BCUT2D eigenvalue weighted by molar-refractivity contribution is 5.27. The number of nitrogens with one attached hydrogen (secondary N) is 1. The molecule has 2 N–H and O–H groups in total. The summed E-state index contributed by atoms with van der Waals surface area (Å²) in [7, 11) is 0. The number of hydrogen-bond donors (Lipinski definition) is 2.